The Morgan fingerprint density at radius 1 is 1.17 bits per heavy atom. The molecule has 0 spiro atoms. The molecule has 10 heteroatoms. The van der Waals surface area contributed by atoms with Crippen molar-refractivity contribution in [3.63, 3.8) is 0 Å². The predicted octanol–water partition coefficient (Wildman–Crippen LogP) is 4.60. The van der Waals surface area contributed by atoms with E-state index in [9.17, 15) is 18.0 Å². The second kappa shape index (κ2) is 10.9. The first-order valence-corrected chi connectivity index (χ1v) is 11.7. The number of amides is 1. The van der Waals surface area contributed by atoms with Gasteiger partial charge < -0.3 is 21.1 Å². The molecular weight excluding hydrogens is 471 g/mol. The molecular formula is C26H28F3N5O2. The van der Waals surface area contributed by atoms with E-state index >= 15 is 0 Å². The number of benzene rings is 2. The zero-order valence-corrected chi connectivity index (χ0v) is 19.9. The minimum Gasteiger partial charge on any atom is -0.495 e. The second-order valence-corrected chi connectivity index (χ2v) is 8.73. The summed E-state index contributed by atoms with van der Waals surface area (Å²) < 4.78 is 46.5. The molecule has 1 saturated heterocycles. The van der Waals surface area contributed by atoms with Crippen LogP contribution in [0.3, 0.4) is 0 Å². The van der Waals surface area contributed by atoms with Crippen LogP contribution in [0.4, 0.5) is 24.8 Å². The van der Waals surface area contributed by atoms with Gasteiger partial charge in [-0.15, -0.1) is 0 Å². The molecule has 0 unspecified atom stereocenters. The number of hydrogen-bond donors (Lipinski definition) is 3. The average molecular weight is 500 g/mol. The van der Waals surface area contributed by atoms with Crippen molar-refractivity contribution < 1.29 is 22.7 Å². The molecule has 0 atom stereocenters. The van der Waals surface area contributed by atoms with E-state index < -0.39 is 17.6 Å². The Bertz CT molecular complexity index is 1230. The number of ether oxygens (including phenoxy) is 1. The number of carbonyl (C=O) groups excluding carboxylic acids is 1. The number of nitrogens with zero attached hydrogens (tertiary/aromatic N) is 2. The number of nitrogens with two attached hydrogens (primary N) is 1. The SMILES string of the molecule is COc1cc(C2CCNCC2)ccc1Nc1ncc(C(F)(F)F)c(CCc2cccc(C(N)=O)c2)n1. The van der Waals surface area contributed by atoms with E-state index in [0.717, 1.165) is 37.7 Å². The molecule has 1 aromatic heterocycles. The minimum atomic E-state index is -4.60. The molecule has 36 heavy (non-hydrogen) atoms. The third-order valence-electron chi connectivity index (χ3n) is 6.32. The zero-order valence-electron chi connectivity index (χ0n) is 19.9. The summed E-state index contributed by atoms with van der Waals surface area (Å²) in [4.78, 5) is 19.5. The number of carbonyl (C=O) groups is 1. The summed E-state index contributed by atoms with van der Waals surface area (Å²) >= 11 is 0. The summed E-state index contributed by atoms with van der Waals surface area (Å²) in [5.74, 6) is 0.439. The first-order chi connectivity index (χ1) is 17.2. The number of methoxy groups -OCH3 is 1. The number of aromatic nitrogens is 2. The van der Waals surface area contributed by atoms with Crippen molar-refractivity contribution in [3.8, 4) is 5.75 Å². The van der Waals surface area contributed by atoms with Gasteiger partial charge in [0.15, 0.2) is 0 Å². The van der Waals surface area contributed by atoms with E-state index in [1.165, 1.54) is 0 Å². The number of hydrogen-bond acceptors (Lipinski definition) is 6. The number of anilines is 2. The van der Waals surface area contributed by atoms with E-state index in [0.29, 0.717) is 28.5 Å². The van der Waals surface area contributed by atoms with Gasteiger partial charge in [0, 0.05) is 11.8 Å². The number of primary amides is 1. The van der Waals surface area contributed by atoms with Gasteiger partial charge in [-0.25, -0.2) is 9.97 Å². The van der Waals surface area contributed by atoms with Crippen LogP contribution in [-0.4, -0.2) is 36.1 Å². The molecule has 190 valence electrons. The molecule has 1 aliphatic heterocycles. The topological polar surface area (TPSA) is 102 Å². The molecule has 3 aromatic rings. The molecule has 0 radical (unpaired) electrons. The lowest BCUT2D eigenvalue weighted by molar-refractivity contribution is -0.138. The zero-order chi connectivity index (χ0) is 25.7. The lowest BCUT2D eigenvalue weighted by atomic mass is 9.90. The van der Waals surface area contributed by atoms with Gasteiger partial charge in [-0.3, -0.25) is 4.79 Å². The van der Waals surface area contributed by atoms with Gasteiger partial charge in [-0.05, 0) is 80.1 Å². The van der Waals surface area contributed by atoms with Crippen molar-refractivity contribution in [1.29, 1.82) is 0 Å². The number of rotatable bonds is 8. The molecule has 2 aromatic carbocycles. The molecule has 0 saturated carbocycles. The molecule has 0 aliphatic carbocycles. The summed E-state index contributed by atoms with van der Waals surface area (Å²) in [6, 6.07) is 12.3. The summed E-state index contributed by atoms with van der Waals surface area (Å²) in [6.45, 7) is 1.92. The van der Waals surface area contributed by atoms with E-state index in [2.05, 4.69) is 20.6 Å². The van der Waals surface area contributed by atoms with Gasteiger partial charge in [-0.2, -0.15) is 13.2 Å². The highest BCUT2D eigenvalue weighted by atomic mass is 19.4. The van der Waals surface area contributed by atoms with E-state index in [4.69, 9.17) is 10.5 Å². The summed E-state index contributed by atoms with van der Waals surface area (Å²) in [5.41, 5.74) is 6.98. The lowest BCUT2D eigenvalue weighted by Gasteiger charge is -2.24. The molecule has 4 N–H and O–H groups in total. The molecule has 4 rings (SSSR count). The largest absolute Gasteiger partial charge is 0.495 e. The number of nitrogens with one attached hydrogen (secondary N) is 2. The van der Waals surface area contributed by atoms with Crippen LogP contribution in [0.25, 0.3) is 0 Å². The van der Waals surface area contributed by atoms with Gasteiger partial charge in [0.05, 0.1) is 24.1 Å². The second-order valence-electron chi connectivity index (χ2n) is 8.73. The van der Waals surface area contributed by atoms with Crippen LogP contribution >= 0.6 is 0 Å². The highest BCUT2D eigenvalue weighted by molar-refractivity contribution is 5.92. The molecule has 1 amide bonds. The number of aryl methyl sites for hydroxylation is 2. The van der Waals surface area contributed by atoms with Gasteiger partial charge in [0.25, 0.3) is 0 Å². The standard InChI is InChI=1S/C26H28F3N5O2/c1-36-23-14-18(17-9-11-31-12-10-17)6-8-22(23)34-25-32-15-20(26(27,28)29)21(33-25)7-5-16-3-2-4-19(13-16)24(30)35/h2-4,6,8,13-15,17,31H,5,7,9-12H2,1H3,(H2,30,35)(H,32,33,34). The quantitative estimate of drug-likeness (QED) is 0.419. The Kier molecular flexibility index (Phi) is 7.73. The van der Waals surface area contributed by atoms with Crippen molar-refractivity contribution in [3.05, 3.63) is 76.6 Å². The minimum absolute atomic E-state index is 0.0000465. The van der Waals surface area contributed by atoms with Crippen molar-refractivity contribution in [2.24, 2.45) is 5.73 Å². The van der Waals surface area contributed by atoms with E-state index in [-0.39, 0.29) is 24.5 Å². The van der Waals surface area contributed by atoms with E-state index in [1.54, 1.807) is 31.4 Å². The average Bonchev–Trinajstić information content (AvgIpc) is 2.88. The van der Waals surface area contributed by atoms with Crippen LogP contribution in [0.1, 0.15) is 51.5 Å². The first kappa shape index (κ1) is 25.4. The third-order valence-corrected chi connectivity index (χ3v) is 6.32. The molecule has 2 heterocycles. The van der Waals surface area contributed by atoms with Gasteiger partial charge in [0.1, 0.15) is 5.75 Å². The van der Waals surface area contributed by atoms with Crippen molar-refractivity contribution in [2.75, 3.05) is 25.5 Å². The molecule has 0 bridgehead atoms. The van der Waals surface area contributed by atoms with Crippen LogP contribution < -0.4 is 21.1 Å². The highest BCUT2D eigenvalue weighted by Crippen LogP contribution is 2.35. The van der Waals surface area contributed by atoms with Crippen LogP contribution in [0.5, 0.6) is 5.75 Å². The lowest BCUT2D eigenvalue weighted by Crippen LogP contribution is -2.26. The Morgan fingerprint density at radius 3 is 2.64 bits per heavy atom. The van der Waals surface area contributed by atoms with Gasteiger partial charge >= 0.3 is 6.18 Å². The number of alkyl halides is 3. The van der Waals surface area contributed by atoms with E-state index in [1.807, 2.05) is 18.2 Å². The normalized spacial score (nSPS) is 14.4. The smallest absolute Gasteiger partial charge is 0.419 e. The maximum absolute atomic E-state index is 13.7. The third kappa shape index (κ3) is 6.12. The number of piperidine rings is 1. The highest BCUT2D eigenvalue weighted by Gasteiger charge is 2.35. The maximum atomic E-state index is 13.7. The summed E-state index contributed by atoms with van der Waals surface area (Å²) in [6.07, 6.45) is -1.50. The van der Waals surface area contributed by atoms with Gasteiger partial charge in [-0.1, -0.05) is 18.2 Å². The Balaban J connectivity index is 1.57. The van der Waals surface area contributed by atoms with Crippen LogP contribution in [0.15, 0.2) is 48.7 Å². The maximum Gasteiger partial charge on any atom is 0.419 e. The van der Waals surface area contributed by atoms with Crippen molar-refractivity contribution in [1.82, 2.24) is 15.3 Å². The fourth-order valence-electron chi connectivity index (χ4n) is 4.39. The van der Waals surface area contributed by atoms with Crippen LogP contribution in [0, 0.1) is 0 Å². The van der Waals surface area contributed by atoms with Crippen molar-refractivity contribution >= 4 is 17.5 Å². The Morgan fingerprint density at radius 2 is 1.94 bits per heavy atom. The fraction of sp³-hybridized carbons (Fsp3) is 0.346. The van der Waals surface area contributed by atoms with Gasteiger partial charge in [0.2, 0.25) is 11.9 Å². The predicted molar refractivity (Wildman–Crippen MR) is 131 cm³/mol. The summed E-state index contributed by atoms with van der Waals surface area (Å²) in [5, 5.41) is 6.35. The Hall–Kier alpha value is -3.66. The Labute approximate surface area is 207 Å². The van der Waals surface area contributed by atoms with Crippen LogP contribution in [0.2, 0.25) is 0 Å². The van der Waals surface area contributed by atoms with Crippen LogP contribution in [-0.2, 0) is 19.0 Å². The monoisotopic (exact) mass is 499 g/mol. The number of halogens is 3. The first-order valence-electron chi connectivity index (χ1n) is 11.7. The van der Waals surface area contributed by atoms with Crippen molar-refractivity contribution in [2.45, 2.75) is 37.8 Å². The molecule has 1 fully saturated rings. The molecule has 7 nitrogen and oxygen atoms in total. The summed E-state index contributed by atoms with van der Waals surface area (Å²) in [7, 11) is 1.55. The molecule has 1 aliphatic rings. The fourth-order valence-corrected chi connectivity index (χ4v) is 4.39.